The first-order chi connectivity index (χ1) is 9.24. The summed E-state index contributed by atoms with van der Waals surface area (Å²) in [6, 6.07) is 8.57. The van der Waals surface area contributed by atoms with Gasteiger partial charge in [0, 0.05) is 29.7 Å². The van der Waals surface area contributed by atoms with Gasteiger partial charge in [-0.15, -0.1) is 0 Å². The second-order valence-electron chi connectivity index (χ2n) is 5.59. The number of aromatic nitrogens is 1. The van der Waals surface area contributed by atoms with Crippen LogP contribution in [0.25, 0.3) is 10.9 Å². The standard InChI is InChI=1S/C16H22N2O/c1-3-10-19-11-16(2)15-13(8-9-17-16)12-6-4-5-7-14(12)18-15/h4-7,17-18H,3,8-11H2,1-2H3. The van der Waals surface area contributed by atoms with Crippen molar-refractivity contribution in [3.05, 3.63) is 35.5 Å². The van der Waals surface area contributed by atoms with E-state index >= 15 is 0 Å². The van der Waals surface area contributed by atoms with Gasteiger partial charge in [0.05, 0.1) is 12.1 Å². The van der Waals surface area contributed by atoms with Crippen LogP contribution in [0.3, 0.4) is 0 Å². The van der Waals surface area contributed by atoms with Crippen LogP contribution in [-0.2, 0) is 16.7 Å². The maximum atomic E-state index is 5.80. The summed E-state index contributed by atoms with van der Waals surface area (Å²) in [6.45, 7) is 6.94. The van der Waals surface area contributed by atoms with Crippen LogP contribution >= 0.6 is 0 Å². The third kappa shape index (κ3) is 2.17. The molecule has 0 saturated heterocycles. The molecule has 1 aliphatic heterocycles. The van der Waals surface area contributed by atoms with E-state index in [0.29, 0.717) is 0 Å². The van der Waals surface area contributed by atoms with Crippen LogP contribution in [0.2, 0.25) is 0 Å². The third-order valence-corrected chi connectivity index (χ3v) is 3.99. The van der Waals surface area contributed by atoms with Crippen molar-refractivity contribution < 1.29 is 4.74 Å². The van der Waals surface area contributed by atoms with E-state index in [0.717, 1.165) is 32.6 Å². The number of ether oxygens (including phenoxy) is 1. The Balaban J connectivity index is 1.99. The van der Waals surface area contributed by atoms with E-state index in [1.807, 2.05) is 0 Å². The number of benzene rings is 1. The predicted molar refractivity (Wildman–Crippen MR) is 78.5 cm³/mol. The first-order valence-corrected chi connectivity index (χ1v) is 7.17. The number of H-pyrrole nitrogens is 1. The zero-order valence-corrected chi connectivity index (χ0v) is 11.8. The lowest BCUT2D eigenvalue weighted by Crippen LogP contribution is -2.48. The molecule has 0 saturated carbocycles. The van der Waals surface area contributed by atoms with Gasteiger partial charge in [0.2, 0.25) is 0 Å². The smallest absolute Gasteiger partial charge is 0.0797 e. The molecule has 1 aliphatic rings. The summed E-state index contributed by atoms with van der Waals surface area (Å²) in [5.41, 5.74) is 3.90. The average molecular weight is 258 g/mol. The zero-order chi connectivity index (χ0) is 13.3. The fraction of sp³-hybridized carbons (Fsp3) is 0.500. The average Bonchev–Trinajstić information content (AvgIpc) is 2.80. The van der Waals surface area contributed by atoms with Crippen LogP contribution in [-0.4, -0.2) is 24.7 Å². The molecule has 102 valence electrons. The Hall–Kier alpha value is -1.32. The van der Waals surface area contributed by atoms with Crippen LogP contribution in [0, 0.1) is 0 Å². The molecule has 3 rings (SSSR count). The predicted octanol–water partition coefficient (Wildman–Crippen LogP) is 2.96. The highest BCUT2D eigenvalue weighted by molar-refractivity contribution is 5.85. The minimum atomic E-state index is -0.0955. The molecule has 0 bridgehead atoms. The van der Waals surface area contributed by atoms with E-state index in [1.165, 1.54) is 22.2 Å². The van der Waals surface area contributed by atoms with Gasteiger partial charge >= 0.3 is 0 Å². The van der Waals surface area contributed by atoms with Gasteiger partial charge in [0.25, 0.3) is 0 Å². The van der Waals surface area contributed by atoms with E-state index < -0.39 is 0 Å². The van der Waals surface area contributed by atoms with Gasteiger partial charge in [-0.05, 0) is 31.4 Å². The Kier molecular flexibility index (Phi) is 3.33. The van der Waals surface area contributed by atoms with Gasteiger partial charge in [0.1, 0.15) is 0 Å². The number of rotatable bonds is 4. The second kappa shape index (κ2) is 4.99. The Morgan fingerprint density at radius 1 is 1.32 bits per heavy atom. The molecule has 0 radical (unpaired) electrons. The first-order valence-electron chi connectivity index (χ1n) is 7.17. The molecule has 2 heterocycles. The molecule has 2 N–H and O–H groups in total. The first kappa shape index (κ1) is 12.7. The van der Waals surface area contributed by atoms with E-state index in [1.54, 1.807) is 0 Å². The highest BCUT2D eigenvalue weighted by Crippen LogP contribution is 2.33. The van der Waals surface area contributed by atoms with E-state index in [4.69, 9.17) is 4.74 Å². The molecule has 1 unspecified atom stereocenters. The lowest BCUT2D eigenvalue weighted by Gasteiger charge is -2.35. The molecule has 0 fully saturated rings. The molecule has 0 spiro atoms. The van der Waals surface area contributed by atoms with Crippen molar-refractivity contribution in [2.45, 2.75) is 32.2 Å². The quantitative estimate of drug-likeness (QED) is 0.827. The Morgan fingerprint density at radius 3 is 3.00 bits per heavy atom. The number of hydrogen-bond acceptors (Lipinski definition) is 2. The Morgan fingerprint density at radius 2 is 2.16 bits per heavy atom. The third-order valence-electron chi connectivity index (χ3n) is 3.99. The topological polar surface area (TPSA) is 37.0 Å². The summed E-state index contributed by atoms with van der Waals surface area (Å²) in [5, 5.41) is 4.98. The van der Waals surface area contributed by atoms with Crippen molar-refractivity contribution in [3.8, 4) is 0 Å². The molecule has 1 aromatic heterocycles. The SMILES string of the molecule is CCCOCC1(C)NCCc2c1[nH]c1ccccc21. The van der Waals surface area contributed by atoms with E-state index in [9.17, 15) is 0 Å². The van der Waals surface area contributed by atoms with Crippen molar-refractivity contribution in [2.24, 2.45) is 0 Å². The summed E-state index contributed by atoms with van der Waals surface area (Å²) in [6.07, 6.45) is 2.15. The van der Waals surface area contributed by atoms with Gasteiger partial charge in [-0.3, -0.25) is 0 Å². The van der Waals surface area contributed by atoms with Gasteiger partial charge in [-0.1, -0.05) is 25.1 Å². The largest absolute Gasteiger partial charge is 0.379 e. The number of para-hydroxylation sites is 1. The van der Waals surface area contributed by atoms with Crippen LogP contribution in [0.15, 0.2) is 24.3 Å². The highest BCUT2D eigenvalue weighted by Gasteiger charge is 2.34. The minimum absolute atomic E-state index is 0.0955. The lowest BCUT2D eigenvalue weighted by atomic mass is 9.89. The Bertz CT molecular complexity index is 575. The second-order valence-corrected chi connectivity index (χ2v) is 5.59. The molecular formula is C16H22N2O. The van der Waals surface area contributed by atoms with Crippen LogP contribution in [0.5, 0.6) is 0 Å². The fourth-order valence-corrected chi connectivity index (χ4v) is 3.03. The summed E-state index contributed by atoms with van der Waals surface area (Å²) in [7, 11) is 0. The van der Waals surface area contributed by atoms with Crippen molar-refractivity contribution in [2.75, 3.05) is 19.8 Å². The van der Waals surface area contributed by atoms with Gasteiger partial charge < -0.3 is 15.0 Å². The summed E-state index contributed by atoms with van der Waals surface area (Å²) >= 11 is 0. The molecule has 19 heavy (non-hydrogen) atoms. The lowest BCUT2D eigenvalue weighted by molar-refractivity contribution is 0.0702. The van der Waals surface area contributed by atoms with Gasteiger partial charge in [-0.2, -0.15) is 0 Å². The zero-order valence-electron chi connectivity index (χ0n) is 11.8. The molecule has 0 aliphatic carbocycles. The number of fused-ring (bicyclic) bond motifs is 3. The summed E-state index contributed by atoms with van der Waals surface area (Å²) in [5.74, 6) is 0. The molecule has 3 nitrogen and oxygen atoms in total. The van der Waals surface area contributed by atoms with Crippen LogP contribution in [0.1, 0.15) is 31.5 Å². The van der Waals surface area contributed by atoms with Crippen molar-refractivity contribution in [1.82, 2.24) is 10.3 Å². The van der Waals surface area contributed by atoms with Crippen molar-refractivity contribution >= 4 is 10.9 Å². The van der Waals surface area contributed by atoms with Crippen molar-refractivity contribution in [1.29, 1.82) is 0 Å². The van der Waals surface area contributed by atoms with E-state index in [-0.39, 0.29) is 5.54 Å². The fourth-order valence-electron chi connectivity index (χ4n) is 3.03. The number of nitrogens with one attached hydrogen (secondary N) is 2. The van der Waals surface area contributed by atoms with E-state index in [2.05, 4.69) is 48.4 Å². The maximum absolute atomic E-state index is 5.80. The molecule has 1 aromatic carbocycles. The minimum Gasteiger partial charge on any atom is -0.379 e. The molecule has 0 amide bonds. The van der Waals surface area contributed by atoms with Gasteiger partial charge in [0.15, 0.2) is 0 Å². The molecule has 3 heteroatoms. The maximum Gasteiger partial charge on any atom is 0.0797 e. The molecule has 1 atom stereocenters. The molecule has 2 aromatic rings. The van der Waals surface area contributed by atoms with Gasteiger partial charge in [-0.25, -0.2) is 0 Å². The number of hydrogen-bond donors (Lipinski definition) is 2. The number of aromatic amines is 1. The molecular weight excluding hydrogens is 236 g/mol. The highest BCUT2D eigenvalue weighted by atomic mass is 16.5. The van der Waals surface area contributed by atoms with Crippen LogP contribution in [0.4, 0.5) is 0 Å². The summed E-state index contributed by atoms with van der Waals surface area (Å²) < 4.78 is 5.80. The van der Waals surface area contributed by atoms with Crippen molar-refractivity contribution in [3.63, 3.8) is 0 Å². The summed E-state index contributed by atoms with van der Waals surface area (Å²) in [4.78, 5) is 3.59. The van der Waals surface area contributed by atoms with Crippen LogP contribution < -0.4 is 5.32 Å². The Labute approximate surface area is 114 Å². The normalized spacial score (nSPS) is 22.6. The monoisotopic (exact) mass is 258 g/mol.